The number of likely N-dealkylation sites (tertiary alicyclic amines) is 1. The monoisotopic (exact) mass is 254 g/mol. The molecule has 1 amide bonds. The van der Waals surface area contributed by atoms with Crippen LogP contribution in [0.3, 0.4) is 0 Å². The summed E-state index contributed by atoms with van der Waals surface area (Å²) in [4.78, 5) is 14.3. The lowest BCUT2D eigenvalue weighted by molar-refractivity contribution is -0.137. The first kappa shape index (κ1) is 12.4. The van der Waals surface area contributed by atoms with Crippen molar-refractivity contribution < 1.29 is 9.18 Å². The predicted molar refractivity (Wildman–Crippen MR) is 67.6 cm³/mol. The van der Waals surface area contributed by atoms with Crippen molar-refractivity contribution in [2.75, 3.05) is 13.1 Å². The Labute approximate surface area is 108 Å². The molecule has 18 heavy (non-hydrogen) atoms. The minimum absolute atomic E-state index is 0.164. The highest BCUT2D eigenvalue weighted by atomic mass is 19.1. The first-order chi connectivity index (χ1) is 8.46. The second-order valence-corrected chi connectivity index (χ2v) is 6.73. The second-order valence-electron chi connectivity index (χ2n) is 6.73. The third-order valence-corrected chi connectivity index (χ3v) is 5.34. The maximum atomic E-state index is 13.7. The van der Waals surface area contributed by atoms with Crippen molar-refractivity contribution in [2.24, 2.45) is 23.5 Å². The predicted octanol–water partition coefficient (Wildman–Crippen LogP) is 1.71. The van der Waals surface area contributed by atoms with Gasteiger partial charge in [-0.25, -0.2) is 4.39 Å². The van der Waals surface area contributed by atoms with Gasteiger partial charge in [0.25, 0.3) is 0 Å². The van der Waals surface area contributed by atoms with Crippen LogP contribution in [0.2, 0.25) is 0 Å². The van der Waals surface area contributed by atoms with E-state index in [1.807, 2.05) is 4.90 Å². The van der Waals surface area contributed by atoms with Crippen molar-refractivity contribution in [3.8, 4) is 0 Å². The van der Waals surface area contributed by atoms with Gasteiger partial charge in [0, 0.05) is 25.0 Å². The lowest BCUT2D eigenvalue weighted by atomic mass is 9.72. The van der Waals surface area contributed by atoms with Gasteiger partial charge in [-0.2, -0.15) is 0 Å². The molecule has 1 unspecified atom stereocenters. The van der Waals surface area contributed by atoms with Crippen molar-refractivity contribution in [2.45, 2.75) is 50.7 Å². The van der Waals surface area contributed by atoms with Crippen LogP contribution in [-0.4, -0.2) is 35.6 Å². The molecule has 4 heteroatoms. The van der Waals surface area contributed by atoms with E-state index in [0.29, 0.717) is 43.8 Å². The number of rotatable bonds is 1. The SMILES string of the molecule is CC1(F)CCN(C(=O)C2C[C@@H]3C[C@H](N)[C@@H]3C2)CC1. The molecule has 2 aliphatic carbocycles. The Morgan fingerprint density at radius 1 is 1.28 bits per heavy atom. The highest BCUT2D eigenvalue weighted by Crippen LogP contribution is 2.49. The Morgan fingerprint density at radius 2 is 1.94 bits per heavy atom. The molecule has 0 bridgehead atoms. The fraction of sp³-hybridized carbons (Fsp3) is 0.929. The molecule has 1 heterocycles. The number of carbonyl (C=O) groups excluding carboxylic acids is 1. The van der Waals surface area contributed by atoms with Crippen LogP contribution in [0.4, 0.5) is 4.39 Å². The maximum absolute atomic E-state index is 13.7. The molecule has 3 rings (SSSR count). The summed E-state index contributed by atoms with van der Waals surface area (Å²) in [7, 11) is 0. The van der Waals surface area contributed by atoms with Gasteiger partial charge < -0.3 is 10.6 Å². The Balaban J connectivity index is 1.56. The topological polar surface area (TPSA) is 46.3 Å². The summed E-state index contributed by atoms with van der Waals surface area (Å²) in [5.41, 5.74) is 4.89. The van der Waals surface area contributed by atoms with Gasteiger partial charge in [0.1, 0.15) is 5.67 Å². The van der Waals surface area contributed by atoms with Crippen LogP contribution in [0.15, 0.2) is 0 Å². The summed E-state index contributed by atoms with van der Waals surface area (Å²) < 4.78 is 13.7. The summed E-state index contributed by atoms with van der Waals surface area (Å²) >= 11 is 0. The van der Waals surface area contributed by atoms with Gasteiger partial charge in [-0.15, -0.1) is 0 Å². The smallest absolute Gasteiger partial charge is 0.225 e. The fourth-order valence-electron chi connectivity index (χ4n) is 3.93. The zero-order chi connectivity index (χ0) is 12.9. The lowest BCUT2D eigenvalue weighted by Crippen LogP contribution is -2.45. The van der Waals surface area contributed by atoms with Crippen molar-refractivity contribution in [3.05, 3.63) is 0 Å². The summed E-state index contributed by atoms with van der Waals surface area (Å²) in [5, 5.41) is 0. The lowest BCUT2D eigenvalue weighted by Gasteiger charge is -2.37. The molecule has 3 nitrogen and oxygen atoms in total. The van der Waals surface area contributed by atoms with E-state index in [1.165, 1.54) is 0 Å². The van der Waals surface area contributed by atoms with Gasteiger partial charge in [0.05, 0.1) is 0 Å². The molecule has 1 aliphatic heterocycles. The van der Waals surface area contributed by atoms with Crippen LogP contribution >= 0.6 is 0 Å². The average molecular weight is 254 g/mol. The van der Waals surface area contributed by atoms with Crippen LogP contribution in [0, 0.1) is 17.8 Å². The van der Waals surface area contributed by atoms with Gasteiger partial charge in [-0.3, -0.25) is 4.79 Å². The van der Waals surface area contributed by atoms with E-state index >= 15 is 0 Å². The molecule has 102 valence electrons. The molecule has 3 fully saturated rings. The standard InChI is InChI=1S/C14H23FN2O/c1-14(15)2-4-17(5-3-14)13(18)10-6-9-8-12(16)11(9)7-10/h9-12H,2-8,16H2,1H3/t9-,10?,11-,12+/m1/s1. The Kier molecular flexibility index (Phi) is 2.88. The highest BCUT2D eigenvalue weighted by Gasteiger charge is 2.48. The number of amides is 1. The normalized spacial score (nSPS) is 42.3. The van der Waals surface area contributed by atoms with Crippen LogP contribution in [0.5, 0.6) is 0 Å². The summed E-state index contributed by atoms with van der Waals surface area (Å²) in [6.07, 6.45) is 4.04. The van der Waals surface area contributed by atoms with Crippen molar-refractivity contribution in [1.29, 1.82) is 0 Å². The van der Waals surface area contributed by atoms with E-state index in [1.54, 1.807) is 6.92 Å². The molecule has 4 atom stereocenters. The average Bonchev–Trinajstić information content (AvgIpc) is 2.66. The number of alkyl halides is 1. The van der Waals surface area contributed by atoms with E-state index in [4.69, 9.17) is 5.73 Å². The first-order valence-electron chi connectivity index (χ1n) is 7.19. The van der Waals surface area contributed by atoms with Crippen LogP contribution < -0.4 is 5.73 Å². The van der Waals surface area contributed by atoms with Crippen LogP contribution in [0.1, 0.15) is 39.0 Å². The van der Waals surface area contributed by atoms with Crippen LogP contribution in [0.25, 0.3) is 0 Å². The molecule has 0 spiro atoms. The fourth-order valence-corrected chi connectivity index (χ4v) is 3.93. The van der Waals surface area contributed by atoms with E-state index in [-0.39, 0.29) is 11.8 Å². The third-order valence-electron chi connectivity index (χ3n) is 5.34. The molecule has 2 N–H and O–H groups in total. The van der Waals surface area contributed by atoms with E-state index in [2.05, 4.69) is 0 Å². The second kappa shape index (κ2) is 4.19. The number of hydrogen-bond donors (Lipinski definition) is 1. The van der Waals surface area contributed by atoms with Crippen molar-refractivity contribution >= 4 is 5.91 Å². The number of nitrogens with zero attached hydrogens (tertiary/aromatic N) is 1. The van der Waals surface area contributed by atoms with Gasteiger partial charge >= 0.3 is 0 Å². The van der Waals surface area contributed by atoms with Gasteiger partial charge in [0.2, 0.25) is 5.91 Å². The number of hydrogen-bond acceptors (Lipinski definition) is 2. The first-order valence-corrected chi connectivity index (χ1v) is 7.19. The number of fused-ring (bicyclic) bond motifs is 1. The zero-order valence-electron chi connectivity index (χ0n) is 11.1. The van der Waals surface area contributed by atoms with Gasteiger partial charge in [-0.1, -0.05) is 0 Å². The molecule has 0 aromatic heterocycles. The molecule has 2 saturated carbocycles. The molecule has 0 aromatic carbocycles. The Morgan fingerprint density at radius 3 is 2.50 bits per heavy atom. The number of piperidine rings is 1. The number of nitrogens with two attached hydrogens (primary N) is 1. The molecular formula is C14H23FN2O. The number of carbonyl (C=O) groups is 1. The molecule has 3 aliphatic rings. The Bertz CT molecular complexity index is 348. The third kappa shape index (κ3) is 2.04. The Hall–Kier alpha value is -0.640. The largest absolute Gasteiger partial charge is 0.342 e. The molecular weight excluding hydrogens is 231 g/mol. The summed E-state index contributed by atoms with van der Waals surface area (Å²) in [6, 6.07) is 0.322. The highest BCUT2D eigenvalue weighted by molar-refractivity contribution is 5.79. The van der Waals surface area contributed by atoms with E-state index < -0.39 is 5.67 Å². The maximum Gasteiger partial charge on any atom is 0.225 e. The van der Waals surface area contributed by atoms with Crippen molar-refractivity contribution in [1.82, 2.24) is 4.90 Å². The number of halogens is 1. The van der Waals surface area contributed by atoms with Gasteiger partial charge in [0.15, 0.2) is 0 Å². The minimum atomic E-state index is -1.08. The minimum Gasteiger partial charge on any atom is -0.342 e. The van der Waals surface area contributed by atoms with Crippen molar-refractivity contribution in [3.63, 3.8) is 0 Å². The summed E-state index contributed by atoms with van der Waals surface area (Å²) in [6.45, 7) is 2.82. The summed E-state index contributed by atoms with van der Waals surface area (Å²) in [5.74, 6) is 1.69. The van der Waals surface area contributed by atoms with E-state index in [9.17, 15) is 9.18 Å². The van der Waals surface area contributed by atoms with Crippen LogP contribution in [-0.2, 0) is 4.79 Å². The quantitative estimate of drug-likeness (QED) is 0.774. The van der Waals surface area contributed by atoms with Gasteiger partial charge in [-0.05, 0) is 50.9 Å². The molecule has 0 radical (unpaired) electrons. The molecule has 1 saturated heterocycles. The molecule has 0 aromatic rings. The zero-order valence-corrected chi connectivity index (χ0v) is 11.1. The van der Waals surface area contributed by atoms with E-state index in [0.717, 1.165) is 19.3 Å².